The first-order valence-corrected chi connectivity index (χ1v) is 9.26. The minimum atomic E-state index is -0.527. The molecule has 7 nitrogen and oxygen atoms in total. The molecule has 28 heavy (non-hydrogen) atoms. The van der Waals surface area contributed by atoms with Gasteiger partial charge >= 0.3 is 0 Å². The summed E-state index contributed by atoms with van der Waals surface area (Å²) in [6.07, 6.45) is -0.527. The van der Waals surface area contributed by atoms with Crippen LogP contribution in [-0.4, -0.2) is 27.5 Å². The molecule has 2 amide bonds. The maximum absolute atomic E-state index is 12.7. The normalized spacial score (nSPS) is 16.8. The highest BCUT2D eigenvalue weighted by atomic mass is 16.5. The van der Waals surface area contributed by atoms with Crippen LogP contribution in [0.5, 0.6) is 5.75 Å². The highest BCUT2D eigenvalue weighted by molar-refractivity contribution is 5.99. The molecule has 0 unspecified atom stereocenters. The van der Waals surface area contributed by atoms with E-state index >= 15 is 0 Å². The third-order valence-corrected chi connectivity index (χ3v) is 4.93. The number of imidazole rings is 1. The molecule has 3 aromatic rings. The Morgan fingerprint density at radius 1 is 1.32 bits per heavy atom. The molecular formula is C21H22N4O3. The first-order chi connectivity index (χ1) is 13.4. The number of para-hydroxylation sites is 2. The Morgan fingerprint density at radius 3 is 2.93 bits per heavy atom. The summed E-state index contributed by atoms with van der Waals surface area (Å²) in [6, 6.07) is 13.1. The quantitative estimate of drug-likeness (QED) is 0.729. The van der Waals surface area contributed by atoms with E-state index in [1.807, 2.05) is 38.1 Å². The van der Waals surface area contributed by atoms with Crippen LogP contribution in [0.2, 0.25) is 0 Å². The molecule has 4 rings (SSSR count). The van der Waals surface area contributed by atoms with Crippen molar-refractivity contribution in [3.63, 3.8) is 0 Å². The molecule has 0 radical (unpaired) electrons. The van der Waals surface area contributed by atoms with Crippen molar-refractivity contribution in [3.8, 4) is 5.75 Å². The van der Waals surface area contributed by atoms with Gasteiger partial charge in [0.05, 0.1) is 22.6 Å². The van der Waals surface area contributed by atoms with E-state index in [1.54, 1.807) is 25.1 Å². The van der Waals surface area contributed by atoms with Crippen molar-refractivity contribution in [1.82, 2.24) is 9.55 Å². The monoisotopic (exact) mass is 378 g/mol. The second-order valence-corrected chi connectivity index (χ2v) is 7.11. The standard InChI is InChI=1S/C21H22N4O3/c1-12(11-25-14(3)22-16-6-4-5-7-18(16)25)20(26)23-15-8-9-19-17(10-15)24-21(27)13(2)28-19/h4-10,12-13H,11H2,1-3H3,(H,23,26)(H,24,27)/t12-,13-/m0/s1. The average molecular weight is 378 g/mol. The number of carbonyl (C=O) groups is 2. The zero-order chi connectivity index (χ0) is 19.8. The molecule has 2 aromatic carbocycles. The van der Waals surface area contributed by atoms with Gasteiger partial charge in [-0.1, -0.05) is 19.1 Å². The molecule has 1 aliphatic rings. The number of nitrogens with zero attached hydrogens (tertiary/aromatic N) is 2. The number of amides is 2. The van der Waals surface area contributed by atoms with Crippen molar-refractivity contribution in [2.75, 3.05) is 10.6 Å². The second kappa shape index (κ2) is 6.99. The van der Waals surface area contributed by atoms with Crippen molar-refractivity contribution in [2.24, 2.45) is 5.92 Å². The van der Waals surface area contributed by atoms with Gasteiger partial charge in [-0.05, 0) is 44.2 Å². The minimum absolute atomic E-state index is 0.103. The Hall–Kier alpha value is -3.35. The van der Waals surface area contributed by atoms with Crippen LogP contribution in [0.1, 0.15) is 19.7 Å². The van der Waals surface area contributed by atoms with Crippen molar-refractivity contribution in [2.45, 2.75) is 33.4 Å². The zero-order valence-corrected chi connectivity index (χ0v) is 16.0. The minimum Gasteiger partial charge on any atom is -0.479 e. The molecule has 2 atom stereocenters. The second-order valence-electron chi connectivity index (χ2n) is 7.11. The van der Waals surface area contributed by atoms with E-state index in [-0.39, 0.29) is 17.7 Å². The lowest BCUT2D eigenvalue weighted by Crippen LogP contribution is -2.34. The number of ether oxygens (including phenoxy) is 1. The SMILES string of the molecule is Cc1nc2ccccc2n1C[C@H](C)C(=O)Nc1ccc2c(c1)NC(=O)[C@H](C)O2. The number of rotatable bonds is 4. The molecule has 1 aromatic heterocycles. The summed E-state index contributed by atoms with van der Waals surface area (Å²) in [6.45, 7) is 6.05. The van der Waals surface area contributed by atoms with E-state index in [4.69, 9.17) is 4.74 Å². The molecular weight excluding hydrogens is 356 g/mol. The Morgan fingerprint density at radius 2 is 2.11 bits per heavy atom. The van der Waals surface area contributed by atoms with Gasteiger partial charge in [-0.15, -0.1) is 0 Å². The highest BCUT2D eigenvalue weighted by Crippen LogP contribution is 2.32. The number of hydrogen-bond acceptors (Lipinski definition) is 4. The first-order valence-electron chi connectivity index (χ1n) is 9.26. The fourth-order valence-corrected chi connectivity index (χ4v) is 3.34. The summed E-state index contributed by atoms with van der Waals surface area (Å²) in [7, 11) is 0. The largest absolute Gasteiger partial charge is 0.479 e. The molecule has 1 aliphatic heterocycles. The van der Waals surface area contributed by atoms with Gasteiger partial charge < -0.3 is 19.9 Å². The maximum Gasteiger partial charge on any atom is 0.265 e. The van der Waals surface area contributed by atoms with Gasteiger partial charge in [0, 0.05) is 12.2 Å². The number of aromatic nitrogens is 2. The van der Waals surface area contributed by atoms with Crippen molar-refractivity contribution >= 4 is 34.2 Å². The third-order valence-electron chi connectivity index (χ3n) is 4.93. The van der Waals surface area contributed by atoms with E-state index in [1.165, 1.54) is 0 Å². The van der Waals surface area contributed by atoms with E-state index in [2.05, 4.69) is 20.2 Å². The summed E-state index contributed by atoms with van der Waals surface area (Å²) < 4.78 is 7.60. The number of aryl methyl sites for hydroxylation is 1. The van der Waals surface area contributed by atoms with Crippen LogP contribution in [0.3, 0.4) is 0 Å². The molecule has 7 heteroatoms. The van der Waals surface area contributed by atoms with Crippen LogP contribution in [0.25, 0.3) is 11.0 Å². The molecule has 2 heterocycles. The number of benzene rings is 2. The third kappa shape index (κ3) is 3.31. The van der Waals surface area contributed by atoms with Gasteiger partial charge in [0.25, 0.3) is 5.91 Å². The van der Waals surface area contributed by atoms with Crippen LogP contribution < -0.4 is 15.4 Å². The van der Waals surface area contributed by atoms with E-state index in [9.17, 15) is 9.59 Å². The Bertz CT molecular complexity index is 1070. The number of fused-ring (bicyclic) bond motifs is 2. The van der Waals surface area contributed by atoms with E-state index in [0.717, 1.165) is 16.9 Å². The predicted octanol–water partition coefficient (Wildman–Crippen LogP) is 3.34. The number of anilines is 2. The zero-order valence-electron chi connectivity index (χ0n) is 16.0. The first kappa shape index (κ1) is 18.0. The van der Waals surface area contributed by atoms with Gasteiger partial charge in [0.1, 0.15) is 11.6 Å². The predicted molar refractivity (Wildman–Crippen MR) is 107 cm³/mol. The lowest BCUT2D eigenvalue weighted by atomic mass is 10.1. The summed E-state index contributed by atoms with van der Waals surface area (Å²) in [5.74, 6) is 0.904. The molecule has 0 saturated heterocycles. The van der Waals surface area contributed by atoms with Gasteiger partial charge in [0.15, 0.2) is 6.10 Å². The topological polar surface area (TPSA) is 85.3 Å². The maximum atomic E-state index is 12.7. The molecule has 0 fully saturated rings. The Kier molecular flexibility index (Phi) is 4.50. The van der Waals surface area contributed by atoms with Gasteiger partial charge in [0.2, 0.25) is 5.91 Å². The van der Waals surface area contributed by atoms with Gasteiger partial charge in [-0.2, -0.15) is 0 Å². The Labute approximate surface area is 162 Å². The van der Waals surface area contributed by atoms with Crippen LogP contribution >= 0.6 is 0 Å². The number of carbonyl (C=O) groups excluding carboxylic acids is 2. The van der Waals surface area contributed by atoms with E-state index < -0.39 is 6.10 Å². The number of nitrogens with one attached hydrogen (secondary N) is 2. The average Bonchev–Trinajstić information content (AvgIpc) is 2.98. The fraction of sp³-hybridized carbons (Fsp3) is 0.286. The summed E-state index contributed by atoms with van der Waals surface area (Å²) in [5, 5.41) is 5.71. The van der Waals surface area contributed by atoms with Crippen molar-refractivity contribution in [1.29, 1.82) is 0 Å². The van der Waals surface area contributed by atoms with Crippen molar-refractivity contribution < 1.29 is 14.3 Å². The van der Waals surface area contributed by atoms with Gasteiger partial charge in [-0.3, -0.25) is 9.59 Å². The van der Waals surface area contributed by atoms with Gasteiger partial charge in [-0.25, -0.2) is 4.98 Å². The smallest absolute Gasteiger partial charge is 0.265 e. The molecule has 0 saturated carbocycles. The summed E-state index contributed by atoms with van der Waals surface area (Å²) in [5.41, 5.74) is 3.11. The lowest BCUT2D eigenvalue weighted by molar-refractivity contribution is -0.122. The van der Waals surface area contributed by atoms with Crippen LogP contribution in [0.15, 0.2) is 42.5 Å². The fourth-order valence-electron chi connectivity index (χ4n) is 3.34. The molecule has 144 valence electrons. The summed E-state index contributed by atoms with van der Waals surface area (Å²) >= 11 is 0. The molecule has 0 bridgehead atoms. The van der Waals surface area contributed by atoms with Crippen LogP contribution in [0.4, 0.5) is 11.4 Å². The molecule has 0 spiro atoms. The highest BCUT2D eigenvalue weighted by Gasteiger charge is 2.24. The molecule has 0 aliphatic carbocycles. The Balaban J connectivity index is 1.48. The molecule has 2 N–H and O–H groups in total. The van der Waals surface area contributed by atoms with Crippen LogP contribution in [0, 0.1) is 12.8 Å². The summed E-state index contributed by atoms with van der Waals surface area (Å²) in [4.78, 5) is 29.0. The number of hydrogen-bond donors (Lipinski definition) is 2. The van der Waals surface area contributed by atoms with E-state index in [0.29, 0.717) is 23.7 Å². The lowest BCUT2D eigenvalue weighted by Gasteiger charge is -2.24. The van der Waals surface area contributed by atoms with Crippen molar-refractivity contribution in [3.05, 3.63) is 48.3 Å². The van der Waals surface area contributed by atoms with Crippen LogP contribution in [-0.2, 0) is 16.1 Å².